The largest absolute Gasteiger partial charge is 0.345 e. The highest BCUT2D eigenvalue weighted by Gasteiger charge is 2.32. The SMILES string of the molecule is Cn1nc(C2CCN(S(=O)(=O)c3cccc(F)c3)CC2)n(CCc2ccccc2)c1=O. The fourth-order valence-corrected chi connectivity index (χ4v) is 5.55. The molecule has 9 heteroatoms. The van der Waals surface area contributed by atoms with Gasteiger partial charge in [-0.3, -0.25) is 4.57 Å². The smallest absolute Gasteiger partial charge is 0.278 e. The van der Waals surface area contributed by atoms with Crippen LogP contribution in [0.2, 0.25) is 0 Å². The number of aromatic nitrogens is 3. The molecule has 0 saturated carbocycles. The Bertz CT molecular complexity index is 1210. The van der Waals surface area contributed by atoms with Crippen molar-refractivity contribution in [3.63, 3.8) is 0 Å². The lowest BCUT2D eigenvalue weighted by Crippen LogP contribution is -2.38. The van der Waals surface area contributed by atoms with E-state index in [-0.39, 0.29) is 16.5 Å². The minimum absolute atomic E-state index is 0.0105. The van der Waals surface area contributed by atoms with E-state index in [2.05, 4.69) is 5.10 Å². The molecule has 2 heterocycles. The summed E-state index contributed by atoms with van der Waals surface area (Å²) < 4.78 is 43.6. The lowest BCUT2D eigenvalue weighted by molar-refractivity contribution is 0.308. The maximum absolute atomic E-state index is 13.5. The molecule has 0 amide bonds. The topological polar surface area (TPSA) is 77.2 Å². The minimum Gasteiger partial charge on any atom is -0.278 e. The Morgan fingerprint density at radius 3 is 2.45 bits per heavy atom. The molecule has 7 nitrogen and oxygen atoms in total. The second kappa shape index (κ2) is 8.76. The van der Waals surface area contributed by atoms with Crippen LogP contribution in [0.25, 0.3) is 0 Å². The van der Waals surface area contributed by atoms with Crippen LogP contribution < -0.4 is 5.69 Å². The number of rotatable bonds is 6. The summed E-state index contributed by atoms with van der Waals surface area (Å²) in [6.07, 6.45) is 1.82. The van der Waals surface area contributed by atoms with Gasteiger partial charge in [-0.25, -0.2) is 22.3 Å². The zero-order valence-corrected chi connectivity index (χ0v) is 18.1. The fraction of sp³-hybridized carbons (Fsp3) is 0.364. The van der Waals surface area contributed by atoms with Crippen molar-refractivity contribution in [1.82, 2.24) is 18.7 Å². The predicted octanol–water partition coefficient (Wildman–Crippen LogP) is 2.53. The lowest BCUT2D eigenvalue weighted by atomic mass is 9.97. The van der Waals surface area contributed by atoms with E-state index in [9.17, 15) is 17.6 Å². The van der Waals surface area contributed by atoms with Gasteiger partial charge in [0.2, 0.25) is 10.0 Å². The highest BCUT2D eigenvalue weighted by atomic mass is 32.2. The second-order valence-corrected chi connectivity index (χ2v) is 9.73. The van der Waals surface area contributed by atoms with Crippen molar-refractivity contribution in [1.29, 1.82) is 0 Å². The fourth-order valence-electron chi connectivity index (χ4n) is 4.05. The van der Waals surface area contributed by atoms with Gasteiger partial charge in [-0.05, 0) is 43.0 Å². The molecule has 31 heavy (non-hydrogen) atoms. The Labute approximate surface area is 180 Å². The number of benzene rings is 2. The van der Waals surface area contributed by atoms with Gasteiger partial charge in [-0.2, -0.15) is 9.40 Å². The summed E-state index contributed by atoms with van der Waals surface area (Å²) in [5, 5.41) is 4.45. The summed E-state index contributed by atoms with van der Waals surface area (Å²) in [5.41, 5.74) is 0.973. The van der Waals surface area contributed by atoms with Crippen LogP contribution in [-0.2, 0) is 30.0 Å². The van der Waals surface area contributed by atoms with Gasteiger partial charge < -0.3 is 0 Å². The van der Waals surface area contributed by atoms with Gasteiger partial charge >= 0.3 is 5.69 Å². The average molecular weight is 445 g/mol. The molecule has 1 aliphatic rings. The summed E-state index contributed by atoms with van der Waals surface area (Å²) in [7, 11) is -2.12. The van der Waals surface area contributed by atoms with Crippen LogP contribution in [0.5, 0.6) is 0 Å². The molecule has 1 fully saturated rings. The summed E-state index contributed by atoms with van der Waals surface area (Å²) >= 11 is 0. The average Bonchev–Trinajstić information content (AvgIpc) is 3.07. The first-order valence-electron chi connectivity index (χ1n) is 10.3. The second-order valence-electron chi connectivity index (χ2n) is 7.79. The van der Waals surface area contributed by atoms with Gasteiger partial charge in [-0.15, -0.1) is 0 Å². The van der Waals surface area contributed by atoms with Crippen LogP contribution in [0, 0.1) is 5.82 Å². The first-order valence-corrected chi connectivity index (χ1v) is 11.7. The molecule has 164 valence electrons. The van der Waals surface area contributed by atoms with E-state index in [1.165, 1.54) is 27.2 Å². The van der Waals surface area contributed by atoms with E-state index in [1.807, 2.05) is 30.3 Å². The number of halogens is 1. The summed E-state index contributed by atoms with van der Waals surface area (Å²) in [6, 6.07) is 15.0. The molecule has 0 unspecified atom stereocenters. The van der Waals surface area contributed by atoms with Crippen molar-refractivity contribution in [2.75, 3.05) is 13.1 Å². The van der Waals surface area contributed by atoms with Gasteiger partial charge in [0, 0.05) is 32.6 Å². The first-order chi connectivity index (χ1) is 14.9. The number of hydrogen-bond donors (Lipinski definition) is 0. The molecule has 0 radical (unpaired) electrons. The van der Waals surface area contributed by atoms with Gasteiger partial charge in [0.15, 0.2) is 0 Å². The van der Waals surface area contributed by atoms with E-state index < -0.39 is 15.8 Å². The standard InChI is InChI=1S/C22H25FN4O3S/c1-25-22(28)27(15-10-17-6-3-2-4-7-17)21(24-25)18-11-13-26(14-12-18)31(29,30)20-9-5-8-19(23)16-20/h2-9,16,18H,10-15H2,1H3. The lowest BCUT2D eigenvalue weighted by Gasteiger charge is -2.30. The van der Waals surface area contributed by atoms with Crippen molar-refractivity contribution in [2.45, 2.75) is 36.6 Å². The molecule has 0 spiro atoms. The molecular formula is C22H25FN4O3S. The predicted molar refractivity (Wildman–Crippen MR) is 115 cm³/mol. The van der Waals surface area contributed by atoms with Gasteiger partial charge in [0.05, 0.1) is 4.90 Å². The normalized spacial score (nSPS) is 15.9. The Balaban J connectivity index is 1.49. The van der Waals surface area contributed by atoms with Crippen LogP contribution in [0.4, 0.5) is 4.39 Å². The van der Waals surface area contributed by atoms with Crippen molar-refractivity contribution >= 4 is 10.0 Å². The highest BCUT2D eigenvalue weighted by Crippen LogP contribution is 2.29. The monoisotopic (exact) mass is 444 g/mol. The van der Waals surface area contributed by atoms with Crippen molar-refractivity contribution in [2.24, 2.45) is 7.05 Å². The molecular weight excluding hydrogens is 419 g/mol. The van der Waals surface area contributed by atoms with Crippen LogP contribution >= 0.6 is 0 Å². The first kappa shape index (κ1) is 21.5. The van der Waals surface area contributed by atoms with Crippen molar-refractivity contribution < 1.29 is 12.8 Å². The van der Waals surface area contributed by atoms with Crippen LogP contribution in [-0.4, -0.2) is 40.2 Å². The minimum atomic E-state index is -3.75. The molecule has 0 aliphatic carbocycles. The quantitative estimate of drug-likeness (QED) is 0.586. The Morgan fingerprint density at radius 1 is 1.06 bits per heavy atom. The van der Waals surface area contributed by atoms with Crippen LogP contribution in [0.1, 0.15) is 30.1 Å². The van der Waals surface area contributed by atoms with Gasteiger partial charge in [0.25, 0.3) is 0 Å². The summed E-state index contributed by atoms with van der Waals surface area (Å²) in [4.78, 5) is 12.6. The molecule has 1 aromatic heterocycles. The van der Waals surface area contributed by atoms with Crippen LogP contribution in [0.3, 0.4) is 0 Å². The van der Waals surface area contributed by atoms with E-state index in [0.29, 0.717) is 44.7 Å². The molecule has 3 aromatic rings. The number of piperidine rings is 1. The Kier molecular flexibility index (Phi) is 6.06. The van der Waals surface area contributed by atoms with Gasteiger partial charge in [0.1, 0.15) is 11.6 Å². The third kappa shape index (κ3) is 4.47. The van der Waals surface area contributed by atoms with E-state index in [4.69, 9.17) is 0 Å². The zero-order valence-electron chi connectivity index (χ0n) is 17.3. The number of sulfonamides is 1. The molecule has 0 bridgehead atoms. The maximum atomic E-state index is 13.5. The van der Waals surface area contributed by atoms with E-state index in [0.717, 1.165) is 11.6 Å². The third-order valence-corrected chi connectivity index (χ3v) is 7.65. The summed E-state index contributed by atoms with van der Waals surface area (Å²) in [5.74, 6) is 0.113. The zero-order chi connectivity index (χ0) is 22.0. The van der Waals surface area contributed by atoms with Crippen LogP contribution in [0.15, 0.2) is 64.3 Å². The van der Waals surface area contributed by atoms with E-state index >= 15 is 0 Å². The molecule has 0 N–H and O–H groups in total. The maximum Gasteiger partial charge on any atom is 0.345 e. The van der Waals surface area contributed by atoms with Gasteiger partial charge in [-0.1, -0.05) is 36.4 Å². The summed E-state index contributed by atoms with van der Waals surface area (Å²) in [6.45, 7) is 1.12. The molecule has 1 aliphatic heterocycles. The van der Waals surface area contributed by atoms with Crippen molar-refractivity contribution in [3.05, 3.63) is 82.3 Å². The third-order valence-electron chi connectivity index (χ3n) is 5.76. The number of hydrogen-bond acceptors (Lipinski definition) is 4. The highest BCUT2D eigenvalue weighted by molar-refractivity contribution is 7.89. The van der Waals surface area contributed by atoms with Crippen molar-refractivity contribution in [3.8, 4) is 0 Å². The molecule has 1 saturated heterocycles. The Morgan fingerprint density at radius 2 is 1.77 bits per heavy atom. The molecule has 2 aromatic carbocycles. The molecule has 0 atom stereocenters. The number of nitrogens with zero attached hydrogens (tertiary/aromatic N) is 4. The van der Waals surface area contributed by atoms with E-state index in [1.54, 1.807) is 11.6 Å². The Hall–Kier alpha value is -2.78. The molecule has 4 rings (SSSR count). The number of aryl methyl sites for hydroxylation is 2.